The van der Waals surface area contributed by atoms with Gasteiger partial charge in [0, 0.05) is 24.7 Å². The van der Waals surface area contributed by atoms with E-state index < -0.39 is 12.1 Å². The summed E-state index contributed by atoms with van der Waals surface area (Å²) in [6, 6.07) is 13.8. The summed E-state index contributed by atoms with van der Waals surface area (Å²) in [6.45, 7) is 8.65. The summed E-state index contributed by atoms with van der Waals surface area (Å²) < 4.78 is 5.04. The van der Waals surface area contributed by atoms with Crippen molar-refractivity contribution in [2.24, 2.45) is 17.6 Å². The van der Waals surface area contributed by atoms with Crippen molar-refractivity contribution in [1.29, 1.82) is 0 Å². The number of ether oxygens (including phenoxy) is 1. The first-order valence-corrected chi connectivity index (χ1v) is 13.0. The summed E-state index contributed by atoms with van der Waals surface area (Å²) >= 11 is 0. The summed E-state index contributed by atoms with van der Waals surface area (Å²) in [4.78, 5) is 27.0. The Morgan fingerprint density at radius 1 is 1.11 bits per heavy atom. The summed E-state index contributed by atoms with van der Waals surface area (Å²) in [5.74, 6) is 1.46. The molecule has 188 valence electrons. The third-order valence-corrected chi connectivity index (χ3v) is 7.77. The Morgan fingerprint density at radius 2 is 1.83 bits per heavy atom. The molecule has 0 spiro atoms. The number of aryl methyl sites for hydroxylation is 1. The molecule has 35 heavy (non-hydrogen) atoms. The molecule has 6 nitrogen and oxygen atoms in total. The fourth-order valence-corrected chi connectivity index (χ4v) is 5.67. The van der Waals surface area contributed by atoms with Gasteiger partial charge in [0.05, 0.1) is 6.04 Å². The molecule has 2 amide bonds. The van der Waals surface area contributed by atoms with Crippen molar-refractivity contribution < 1.29 is 14.3 Å². The first kappa shape index (κ1) is 25.2. The van der Waals surface area contributed by atoms with Crippen LogP contribution in [-0.4, -0.2) is 30.1 Å². The molecule has 2 aromatic carbocycles. The lowest BCUT2D eigenvalue weighted by molar-refractivity contribution is 0.0898. The number of primary amides is 1. The first-order chi connectivity index (χ1) is 16.8. The number of nitrogens with one attached hydrogen (secondary N) is 1. The largest absolute Gasteiger partial charge is 0.447 e. The van der Waals surface area contributed by atoms with Crippen LogP contribution in [0.15, 0.2) is 42.5 Å². The molecule has 0 unspecified atom stereocenters. The highest BCUT2D eigenvalue weighted by Gasteiger charge is 2.32. The third-order valence-electron chi connectivity index (χ3n) is 7.77. The maximum atomic E-state index is 13.2. The molecule has 2 aliphatic rings. The van der Waals surface area contributed by atoms with Gasteiger partial charge in [0.25, 0.3) is 5.91 Å². The number of hydrogen-bond acceptors (Lipinski definition) is 4. The van der Waals surface area contributed by atoms with Gasteiger partial charge in [0.2, 0.25) is 0 Å². The second-order valence-corrected chi connectivity index (χ2v) is 10.5. The summed E-state index contributed by atoms with van der Waals surface area (Å²) in [5, 5.41) is 3.04. The molecule has 1 saturated carbocycles. The minimum atomic E-state index is -0.855. The highest BCUT2D eigenvalue weighted by Crippen LogP contribution is 2.39. The van der Waals surface area contributed by atoms with E-state index in [9.17, 15) is 9.59 Å². The monoisotopic (exact) mass is 477 g/mol. The van der Waals surface area contributed by atoms with Gasteiger partial charge in [0.1, 0.15) is 6.61 Å². The van der Waals surface area contributed by atoms with E-state index in [1.54, 1.807) is 0 Å². The number of carbonyl (C=O) groups is 2. The fourth-order valence-electron chi connectivity index (χ4n) is 5.67. The number of amides is 2. The van der Waals surface area contributed by atoms with Crippen molar-refractivity contribution >= 4 is 12.0 Å². The molecule has 2 aromatic rings. The number of fused-ring (bicyclic) bond motifs is 1. The molecule has 3 N–H and O–H groups in total. The van der Waals surface area contributed by atoms with Crippen LogP contribution in [0.2, 0.25) is 0 Å². The van der Waals surface area contributed by atoms with Crippen LogP contribution in [-0.2, 0) is 11.3 Å². The van der Waals surface area contributed by atoms with Crippen molar-refractivity contribution in [3.05, 3.63) is 70.3 Å². The smallest absolute Gasteiger partial charge is 0.404 e. The van der Waals surface area contributed by atoms with Gasteiger partial charge in [0.15, 0.2) is 0 Å². The Balaban J connectivity index is 1.46. The molecule has 0 saturated heterocycles. The van der Waals surface area contributed by atoms with Crippen LogP contribution in [0, 0.1) is 18.8 Å². The third kappa shape index (κ3) is 6.23. The quantitative estimate of drug-likeness (QED) is 0.514. The van der Waals surface area contributed by atoms with Crippen molar-refractivity contribution in [1.82, 2.24) is 10.2 Å². The minimum Gasteiger partial charge on any atom is -0.447 e. The van der Waals surface area contributed by atoms with E-state index in [0.717, 1.165) is 42.5 Å². The Hall–Kier alpha value is -2.86. The normalized spacial score (nSPS) is 22.9. The first-order valence-electron chi connectivity index (χ1n) is 13.0. The Morgan fingerprint density at radius 3 is 2.49 bits per heavy atom. The molecule has 0 radical (unpaired) electrons. The van der Waals surface area contributed by atoms with Gasteiger partial charge in [-0.15, -0.1) is 0 Å². The number of carbonyl (C=O) groups excluding carboxylic acids is 2. The van der Waals surface area contributed by atoms with Crippen LogP contribution < -0.4 is 11.1 Å². The molecule has 1 aliphatic carbocycles. The Kier molecular flexibility index (Phi) is 8.11. The molecule has 2 atom stereocenters. The Bertz CT molecular complexity index is 1030. The maximum Gasteiger partial charge on any atom is 0.404 e. The van der Waals surface area contributed by atoms with Crippen molar-refractivity contribution in [3.8, 4) is 0 Å². The van der Waals surface area contributed by atoms with E-state index in [0.29, 0.717) is 11.6 Å². The highest BCUT2D eigenvalue weighted by atomic mass is 16.5. The van der Waals surface area contributed by atoms with Crippen LogP contribution in [0.3, 0.4) is 0 Å². The molecular formula is C29H39N3O3. The molecule has 0 aromatic heterocycles. The second-order valence-electron chi connectivity index (χ2n) is 10.5. The number of nitrogens with zero attached hydrogens (tertiary/aromatic N) is 1. The van der Waals surface area contributed by atoms with Crippen LogP contribution in [0.5, 0.6) is 0 Å². The van der Waals surface area contributed by atoms with Crippen molar-refractivity contribution in [2.45, 2.75) is 71.5 Å². The van der Waals surface area contributed by atoms with Crippen LogP contribution in [0.25, 0.3) is 0 Å². The maximum absolute atomic E-state index is 13.2. The van der Waals surface area contributed by atoms with Gasteiger partial charge in [-0.2, -0.15) is 0 Å². The molecule has 1 heterocycles. The minimum absolute atomic E-state index is 0.0131. The van der Waals surface area contributed by atoms with Gasteiger partial charge in [-0.25, -0.2) is 4.79 Å². The van der Waals surface area contributed by atoms with E-state index >= 15 is 0 Å². The average molecular weight is 478 g/mol. The van der Waals surface area contributed by atoms with E-state index in [-0.39, 0.29) is 12.5 Å². The lowest BCUT2D eigenvalue weighted by Gasteiger charge is -2.32. The zero-order chi connectivity index (χ0) is 24.9. The number of rotatable bonds is 8. The van der Waals surface area contributed by atoms with Gasteiger partial charge < -0.3 is 15.8 Å². The SMILES string of the molecule is CC[C@@H]1c2ccc(C(=O)N[C@@H](COC(N)=O)c3ccc(C)cc3)cc2CN1C[C@H]1CC[C@H](C)CC1. The number of nitrogens with two attached hydrogens (primary N) is 1. The summed E-state index contributed by atoms with van der Waals surface area (Å²) in [7, 11) is 0. The summed E-state index contributed by atoms with van der Waals surface area (Å²) in [5.41, 5.74) is 10.4. The van der Waals surface area contributed by atoms with Gasteiger partial charge >= 0.3 is 6.09 Å². The molecule has 4 rings (SSSR count). The Labute approximate surface area is 209 Å². The zero-order valence-electron chi connectivity index (χ0n) is 21.3. The predicted octanol–water partition coefficient (Wildman–Crippen LogP) is 5.65. The molecule has 0 bridgehead atoms. The molecular weight excluding hydrogens is 438 g/mol. The molecule has 1 fully saturated rings. The van der Waals surface area contributed by atoms with Crippen LogP contribution in [0.1, 0.15) is 90.6 Å². The highest BCUT2D eigenvalue weighted by molar-refractivity contribution is 5.94. The van der Waals surface area contributed by atoms with Gasteiger partial charge in [-0.3, -0.25) is 9.69 Å². The van der Waals surface area contributed by atoms with Crippen LogP contribution in [0.4, 0.5) is 4.79 Å². The van der Waals surface area contributed by atoms with Crippen molar-refractivity contribution in [2.75, 3.05) is 13.2 Å². The number of benzene rings is 2. The lowest BCUT2D eigenvalue weighted by Crippen LogP contribution is -2.33. The summed E-state index contributed by atoms with van der Waals surface area (Å²) in [6.07, 6.45) is 5.55. The topological polar surface area (TPSA) is 84.7 Å². The zero-order valence-corrected chi connectivity index (χ0v) is 21.3. The second kappa shape index (κ2) is 11.3. The van der Waals surface area contributed by atoms with Crippen molar-refractivity contribution in [3.63, 3.8) is 0 Å². The molecule has 6 heteroatoms. The average Bonchev–Trinajstić information content (AvgIpc) is 3.19. The van der Waals surface area contributed by atoms with Gasteiger partial charge in [-0.05, 0) is 66.8 Å². The predicted molar refractivity (Wildman–Crippen MR) is 138 cm³/mol. The molecule has 1 aliphatic heterocycles. The van der Waals surface area contributed by atoms with E-state index in [1.807, 2.05) is 43.3 Å². The van der Waals surface area contributed by atoms with E-state index in [2.05, 4.69) is 30.1 Å². The lowest BCUT2D eigenvalue weighted by atomic mass is 9.82. The fraction of sp³-hybridized carbons (Fsp3) is 0.517. The standard InChI is InChI=1S/C29H39N3O3/c1-4-27-25-14-13-23(15-24(25)17-32(27)16-21-9-5-19(2)6-10-21)28(33)31-26(18-35-29(30)34)22-11-7-20(3)8-12-22/h7-8,11-15,19,21,26-27H,4-6,9-10,16-18H2,1-3H3,(H2,30,34)(H,31,33)/t19-,21-,26-,27+/m0/s1. The van der Waals surface area contributed by atoms with Crippen LogP contribution >= 0.6 is 0 Å². The number of hydrogen-bond donors (Lipinski definition) is 2. The van der Waals surface area contributed by atoms with E-state index in [1.165, 1.54) is 36.8 Å². The van der Waals surface area contributed by atoms with E-state index in [4.69, 9.17) is 10.5 Å². The van der Waals surface area contributed by atoms with Gasteiger partial charge in [-0.1, -0.05) is 62.6 Å².